The van der Waals surface area contributed by atoms with Gasteiger partial charge in [0.05, 0.1) is 6.54 Å². The van der Waals surface area contributed by atoms with Gasteiger partial charge in [0.15, 0.2) is 5.96 Å². The topological polar surface area (TPSA) is 41.6 Å². The van der Waals surface area contributed by atoms with Crippen molar-refractivity contribution in [1.29, 1.82) is 0 Å². The van der Waals surface area contributed by atoms with Gasteiger partial charge in [0.25, 0.3) is 0 Å². The molecule has 1 rings (SSSR count). The molecule has 0 radical (unpaired) electrons. The largest absolute Gasteiger partial charge is 0.370 e. The molecular weight excluding hydrogens is 325 g/mol. The Morgan fingerprint density at radius 2 is 1.71 bits per heavy atom. The third-order valence-corrected chi connectivity index (χ3v) is 2.63. The maximum atomic E-state index is 5.89. The average molecular weight is 347 g/mol. The Kier molecular flexibility index (Phi) is 7.95. The molecule has 2 N–H and O–H groups in total. The summed E-state index contributed by atoms with van der Waals surface area (Å²) in [5, 5.41) is 0. The second kappa shape index (κ2) is 8.33. The summed E-state index contributed by atoms with van der Waals surface area (Å²) < 4.78 is 0. The zero-order chi connectivity index (χ0) is 12.0. The van der Waals surface area contributed by atoms with Crippen LogP contribution >= 0.6 is 24.0 Å². The maximum Gasteiger partial charge on any atom is 0.191 e. The van der Waals surface area contributed by atoms with Gasteiger partial charge in [-0.15, -0.1) is 24.0 Å². The number of aryl methyl sites for hydroxylation is 1. The predicted octanol–water partition coefficient (Wildman–Crippen LogP) is 2.77. The lowest BCUT2D eigenvalue weighted by atomic mass is 10.1. The smallest absolute Gasteiger partial charge is 0.191 e. The Balaban J connectivity index is 0.00000256. The summed E-state index contributed by atoms with van der Waals surface area (Å²) in [6.45, 7) is 8.70. The fourth-order valence-electron chi connectivity index (χ4n) is 1.51. The first-order chi connectivity index (χ1) is 7.67. The second-order valence-electron chi connectivity index (χ2n) is 3.83. The van der Waals surface area contributed by atoms with Crippen LogP contribution in [0.1, 0.15) is 25.0 Å². The van der Waals surface area contributed by atoms with Gasteiger partial charge in [0.2, 0.25) is 0 Å². The van der Waals surface area contributed by atoms with Gasteiger partial charge in [-0.3, -0.25) is 0 Å². The number of hydrogen-bond acceptors (Lipinski definition) is 1. The zero-order valence-electron chi connectivity index (χ0n) is 10.8. The number of aliphatic imine (C=N–C) groups is 1. The number of nitrogens with two attached hydrogens (primary N) is 1. The van der Waals surface area contributed by atoms with Crippen LogP contribution in [0.3, 0.4) is 0 Å². The van der Waals surface area contributed by atoms with E-state index in [2.05, 4.69) is 50.0 Å². The van der Waals surface area contributed by atoms with Gasteiger partial charge in [0, 0.05) is 13.1 Å². The average Bonchev–Trinajstić information content (AvgIpc) is 2.30. The molecule has 96 valence electrons. The molecule has 0 saturated carbocycles. The van der Waals surface area contributed by atoms with Gasteiger partial charge < -0.3 is 10.6 Å². The Morgan fingerprint density at radius 3 is 2.18 bits per heavy atom. The summed E-state index contributed by atoms with van der Waals surface area (Å²) in [4.78, 5) is 6.44. The van der Waals surface area contributed by atoms with Crippen molar-refractivity contribution >= 4 is 29.9 Å². The molecule has 0 aromatic heterocycles. The molecule has 0 heterocycles. The molecule has 0 aliphatic rings. The lowest BCUT2D eigenvalue weighted by Gasteiger charge is -2.19. The van der Waals surface area contributed by atoms with Gasteiger partial charge in [-0.1, -0.05) is 29.8 Å². The number of guanidine groups is 1. The molecule has 0 spiro atoms. The molecule has 0 atom stereocenters. The van der Waals surface area contributed by atoms with Crippen molar-refractivity contribution in [1.82, 2.24) is 4.90 Å². The number of nitrogens with zero attached hydrogens (tertiary/aromatic N) is 2. The third-order valence-electron chi connectivity index (χ3n) is 2.63. The number of rotatable bonds is 4. The van der Waals surface area contributed by atoms with Crippen LogP contribution in [0, 0.1) is 6.92 Å². The first-order valence-electron chi connectivity index (χ1n) is 5.77. The Bertz CT molecular complexity index is 342. The fraction of sp³-hybridized carbons (Fsp3) is 0.462. The second-order valence-corrected chi connectivity index (χ2v) is 3.83. The molecule has 1 aromatic carbocycles. The van der Waals surface area contributed by atoms with Crippen LogP contribution in [-0.2, 0) is 6.54 Å². The quantitative estimate of drug-likeness (QED) is 0.517. The molecule has 0 bridgehead atoms. The Hall–Kier alpha value is -0.780. The summed E-state index contributed by atoms with van der Waals surface area (Å²) in [6, 6.07) is 8.37. The van der Waals surface area contributed by atoms with E-state index in [1.54, 1.807) is 0 Å². The first kappa shape index (κ1) is 16.2. The third kappa shape index (κ3) is 5.39. The zero-order valence-corrected chi connectivity index (χ0v) is 13.1. The fourth-order valence-corrected chi connectivity index (χ4v) is 1.51. The van der Waals surface area contributed by atoms with Gasteiger partial charge in [-0.25, -0.2) is 4.99 Å². The first-order valence-corrected chi connectivity index (χ1v) is 5.77. The number of hydrogen-bond donors (Lipinski definition) is 1. The molecule has 0 aliphatic heterocycles. The normalized spacial score (nSPS) is 10.9. The van der Waals surface area contributed by atoms with E-state index >= 15 is 0 Å². The molecular formula is C13H22IN3. The highest BCUT2D eigenvalue weighted by molar-refractivity contribution is 14.0. The van der Waals surface area contributed by atoms with E-state index in [0.717, 1.165) is 13.1 Å². The maximum absolute atomic E-state index is 5.89. The van der Waals surface area contributed by atoms with E-state index in [1.165, 1.54) is 11.1 Å². The van der Waals surface area contributed by atoms with Gasteiger partial charge in [-0.05, 0) is 26.3 Å². The molecule has 0 fully saturated rings. The van der Waals surface area contributed by atoms with Crippen molar-refractivity contribution in [3.63, 3.8) is 0 Å². The Labute approximate surface area is 121 Å². The highest BCUT2D eigenvalue weighted by Gasteiger charge is 2.01. The van der Waals surface area contributed by atoms with Crippen molar-refractivity contribution in [2.75, 3.05) is 13.1 Å². The molecule has 0 saturated heterocycles. The van der Waals surface area contributed by atoms with E-state index < -0.39 is 0 Å². The summed E-state index contributed by atoms with van der Waals surface area (Å²) in [5.74, 6) is 0.630. The van der Waals surface area contributed by atoms with Gasteiger partial charge >= 0.3 is 0 Å². The standard InChI is InChI=1S/C13H21N3.HI/c1-4-16(5-2)13(14)15-10-12-8-6-11(3)7-9-12;/h6-9H,4-5,10H2,1-3H3,(H2,14,15);1H. The lowest BCUT2D eigenvalue weighted by Crippen LogP contribution is -2.37. The molecule has 3 nitrogen and oxygen atoms in total. The summed E-state index contributed by atoms with van der Waals surface area (Å²) in [7, 11) is 0. The van der Waals surface area contributed by atoms with Crippen molar-refractivity contribution < 1.29 is 0 Å². The number of benzene rings is 1. The highest BCUT2D eigenvalue weighted by atomic mass is 127. The molecule has 0 aliphatic carbocycles. The van der Waals surface area contributed by atoms with Crippen molar-refractivity contribution in [3.05, 3.63) is 35.4 Å². The summed E-state index contributed by atoms with van der Waals surface area (Å²) in [6.07, 6.45) is 0. The summed E-state index contributed by atoms with van der Waals surface area (Å²) in [5.41, 5.74) is 8.36. The van der Waals surface area contributed by atoms with Crippen molar-refractivity contribution in [2.45, 2.75) is 27.3 Å². The van der Waals surface area contributed by atoms with Crippen LogP contribution in [0.4, 0.5) is 0 Å². The van der Waals surface area contributed by atoms with Crippen LogP contribution in [0.15, 0.2) is 29.3 Å². The molecule has 0 unspecified atom stereocenters. The van der Waals surface area contributed by atoms with Crippen molar-refractivity contribution in [2.24, 2.45) is 10.7 Å². The monoisotopic (exact) mass is 347 g/mol. The predicted molar refractivity (Wildman–Crippen MR) is 84.8 cm³/mol. The van der Waals surface area contributed by atoms with E-state index in [-0.39, 0.29) is 24.0 Å². The number of halogens is 1. The van der Waals surface area contributed by atoms with Crippen LogP contribution < -0.4 is 5.73 Å². The van der Waals surface area contributed by atoms with E-state index in [9.17, 15) is 0 Å². The van der Waals surface area contributed by atoms with Crippen molar-refractivity contribution in [3.8, 4) is 0 Å². The van der Waals surface area contributed by atoms with E-state index in [4.69, 9.17) is 5.73 Å². The molecule has 17 heavy (non-hydrogen) atoms. The summed E-state index contributed by atoms with van der Waals surface area (Å²) >= 11 is 0. The SMILES string of the molecule is CCN(CC)C(N)=NCc1ccc(C)cc1.I. The van der Waals surface area contributed by atoms with Crippen LogP contribution in [-0.4, -0.2) is 23.9 Å². The van der Waals surface area contributed by atoms with Crippen LogP contribution in [0.5, 0.6) is 0 Å². The van der Waals surface area contributed by atoms with E-state index in [1.807, 2.05) is 4.90 Å². The van der Waals surface area contributed by atoms with Crippen LogP contribution in [0.25, 0.3) is 0 Å². The highest BCUT2D eigenvalue weighted by Crippen LogP contribution is 2.04. The van der Waals surface area contributed by atoms with Gasteiger partial charge in [-0.2, -0.15) is 0 Å². The lowest BCUT2D eigenvalue weighted by molar-refractivity contribution is 0.458. The Morgan fingerprint density at radius 1 is 1.18 bits per heavy atom. The minimum Gasteiger partial charge on any atom is -0.370 e. The molecule has 1 aromatic rings. The van der Waals surface area contributed by atoms with E-state index in [0.29, 0.717) is 12.5 Å². The molecule has 0 amide bonds. The minimum atomic E-state index is 0. The van der Waals surface area contributed by atoms with Crippen LogP contribution in [0.2, 0.25) is 0 Å². The van der Waals surface area contributed by atoms with Gasteiger partial charge in [0.1, 0.15) is 0 Å². The minimum absolute atomic E-state index is 0. The molecule has 4 heteroatoms.